The molecule has 0 aliphatic carbocycles. The number of hydrogen-bond acceptors (Lipinski definition) is 8. The number of fused-ring (bicyclic) bond motifs is 1. The first-order valence-electron chi connectivity index (χ1n) is 12.1. The van der Waals surface area contributed by atoms with E-state index in [9.17, 15) is 37.5 Å². The Hall–Kier alpha value is -5.91. The molecule has 0 fully saturated rings. The van der Waals surface area contributed by atoms with Gasteiger partial charge in [-0.15, -0.1) is 0 Å². The van der Waals surface area contributed by atoms with Crippen LogP contribution in [0.25, 0.3) is 22.1 Å². The summed E-state index contributed by atoms with van der Waals surface area (Å²) >= 11 is 0. The molecule has 220 valence electrons. The third-order valence-corrected chi connectivity index (χ3v) is 6.33. The van der Waals surface area contributed by atoms with Crippen molar-refractivity contribution in [3.05, 3.63) is 70.9 Å². The highest BCUT2D eigenvalue weighted by atomic mass is 19.4. The quantitative estimate of drug-likeness (QED) is 0.260. The number of nitrogens with zero attached hydrogens (tertiary/aromatic N) is 3. The highest BCUT2D eigenvalue weighted by Crippen LogP contribution is 2.43. The number of nitriles is 1. The lowest BCUT2D eigenvalue weighted by Gasteiger charge is -2.21. The fourth-order valence-corrected chi connectivity index (χ4v) is 4.11. The van der Waals surface area contributed by atoms with Gasteiger partial charge in [-0.25, -0.2) is 9.59 Å². The van der Waals surface area contributed by atoms with Crippen LogP contribution in [0.15, 0.2) is 53.1 Å². The third kappa shape index (κ3) is 6.07. The molecule has 0 saturated carbocycles. The summed E-state index contributed by atoms with van der Waals surface area (Å²) in [5.41, 5.74) is -3.08. The van der Waals surface area contributed by atoms with E-state index >= 15 is 0 Å². The minimum Gasteiger partial charge on any atom is -0.478 e. The van der Waals surface area contributed by atoms with Gasteiger partial charge in [0.15, 0.2) is 11.3 Å². The molecule has 3 amide bonds. The first-order valence-corrected chi connectivity index (χ1v) is 12.1. The van der Waals surface area contributed by atoms with Gasteiger partial charge in [0.2, 0.25) is 5.91 Å². The lowest BCUT2D eigenvalue weighted by molar-refractivity contribution is -0.137. The smallest absolute Gasteiger partial charge is 0.417 e. The maximum Gasteiger partial charge on any atom is 0.417 e. The van der Waals surface area contributed by atoms with Gasteiger partial charge in [0.05, 0.1) is 46.6 Å². The predicted molar refractivity (Wildman–Crippen MR) is 146 cm³/mol. The lowest BCUT2D eigenvalue weighted by atomic mass is 9.95. The van der Waals surface area contributed by atoms with Crippen LogP contribution in [-0.2, 0) is 15.7 Å². The van der Waals surface area contributed by atoms with E-state index in [1.165, 1.54) is 32.2 Å². The number of carboxylic acid groups (broad SMARTS) is 1. The zero-order valence-electron chi connectivity index (χ0n) is 22.5. The molecule has 1 aromatic heterocycles. The molecule has 0 aliphatic heterocycles. The van der Waals surface area contributed by atoms with Crippen molar-refractivity contribution in [2.24, 2.45) is 0 Å². The zero-order chi connectivity index (χ0) is 31.6. The van der Waals surface area contributed by atoms with Gasteiger partial charge < -0.3 is 24.6 Å². The molecule has 4 aromatic rings. The number of halogens is 3. The van der Waals surface area contributed by atoms with Crippen LogP contribution in [0.4, 0.5) is 35.0 Å². The number of carboxylic acids is 1. The molecule has 4 rings (SSSR count). The molecule has 0 saturated heterocycles. The van der Waals surface area contributed by atoms with Crippen molar-refractivity contribution in [1.82, 2.24) is 5.16 Å². The number of nitrogens with one attached hydrogen (secondary N) is 2. The van der Waals surface area contributed by atoms with E-state index in [1.807, 2.05) is 0 Å². The van der Waals surface area contributed by atoms with Crippen LogP contribution < -0.4 is 15.5 Å². The second-order valence-corrected chi connectivity index (χ2v) is 8.98. The van der Waals surface area contributed by atoms with Crippen LogP contribution in [0.1, 0.15) is 38.9 Å². The van der Waals surface area contributed by atoms with Crippen molar-refractivity contribution in [1.29, 1.82) is 5.26 Å². The summed E-state index contributed by atoms with van der Waals surface area (Å²) in [4.78, 5) is 49.8. The number of benzene rings is 3. The Kier molecular flexibility index (Phi) is 8.06. The highest BCUT2D eigenvalue weighted by Gasteiger charge is 2.35. The number of anilines is 3. The number of carbonyl (C=O) groups excluding carboxylic acids is 3. The number of methoxy groups -OCH3 is 1. The van der Waals surface area contributed by atoms with Crippen LogP contribution in [0.2, 0.25) is 0 Å². The number of carbonyl (C=O) groups is 4. The summed E-state index contributed by atoms with van der Waals surface area (Å²) in [5.74, 6) is -2.92. The first kappa shape index (κ1) is 30.1. The van der Waals surface area contributed by atoms with Gasteiger partial charge in [-0.1, -0.05) is 11.2 Å². The number of rotatable bonds is 6. The molecule has 3 aromatic carbocycles. The van der Waals surface area contributed by atoms with Gasteiger partial charge in [-0.2, -0.15) is 18.4 Å². The highest BCUT2D eigenvalue weighted by molar-refractivity contribution is 6.14. The Morgan fingerprint density at radius 1 is 1.02 bits per heavy atom. The summed E-state index contributed by atoms with van der Waals surface area (Å²) in [6.07, 6.45) is -5.93. The Labute approximate surface area is 240 Å². The van der Waals surface area contributed by atoms with Crippen molar-refractivity contribution in [2.45, 2.75) is 13.1 Å². The van der Waals surface area contributed by atoms with E-state index in [1.54, 1.807) is 6.07 Å². The summed E-state index contributed by atoms with van der Waals surface area (Å²) in [5, 5.41) is 26.9. The molecule has 43 heavy (non-hydrogen) atoms. The molecule has 0 radical (unpaired) electrons. The lowest BCUT2D eigenvalue weighted by Crippen LogP contribution is -2.23. The maximum absolute atomic E-state index is 14.3. The molecule has 12 nitrogen and oxygen atoms in total. The number of alkyl halides is 3. The molecule has 0 bridgehead atoms. The van der Waals surface area contributed by atoms with Crippen LogP contribution in [0, 0.1) is 11.3 Å². The summed E-state index contributed by atoms with van der Waals surface area (Å²) in [6, 6.07) is 10.7. The van der Waals surface area contributed by atoms with Gasteiger partial charge in [-0.05, 0) is 42.0 Å². The van der Waals surface area contributed by atoms with Crippen LogP contribution >= 0.6 is 0 Å². The van der Waals surface area contributed by atoms with Crippen LogP contribution in [0.3, 0.4) is 0 Å². The molecule has 0 spiro atoms. The van der Waals surface area contributed by atoms with Gasteiger partial charge in [0, 0.05) is 31.3 Å². The second-order valence-electron chi connectivity index (χ2n) is 8.98. The zero-order valence-corrected chi connectivity index (χ0v) is 22.5. The van der Waals surface area contributed by atoms with E-state index in [2.05, 4.69) is 20.5 Å². The summed E-state index contributed by atoms with van der Waals surface area (Å²) in [7, 11) is 2.35. The molecule has 0 unspecified atom stereocenters. The number of aromatic carboxylic acids is 1. The molecular weight excluding hydrogens is 575 g/mol. The SMILES string of the molecule is COC(=O)Nc1cc2onc(C(=O)Nc3ccc(C#N)cc3C(=O)O)c2cc1-c1ccc(N(C)C(C)=O)cc1C(F)(F)F. The standard InChI is InChI=1S/C28H20F3N5O7/c1-13(37)36(2)15-5-6-16(20(9-15)28(29,30)31)17-10-19-23(11-22(17)34-27(41)42-3)43-35-24(19)25(38)33-21-7-4-14(12-32)8-18(21)26(39)40/h4-11H,1-3H3,(H,33,38)(H,34,41)(H,39,40). The predicted octanol–water partition coefficient (Wildman–Crippen LogP) is 5.50. The molecular formula is C28H20F3N5O7. The monoisotopic (exact) mass is 595 g/mol. The maximum atomic E-state index is 14.3. The van der Waals surface area contributed by atoms with Gasteiger partial charge >= 0.3 is 18.2 Å². The number of hydrogen-bond donors (Lipinski definition) is 3. The fraction of sp³-hybridized carbons (Fsp3) is 0.143. The summed E-state index contributed by atoms with van der Waals surface area (Å²) in [6.45, 7) is 1.18. The largest absolute Gasteiger partial charge is 0.478 e. The topological polar surface area (TPSA) is 175 Å². The van der Waals surface area contributed by atoms with Crippen molar-refractivity contribution in [2.75, 3.05) is 29.7 Å². The minimum absolute atomic E-state index is 0.0264. The number of ether oxygens (including phenoxy) is 1. The second kappa shape index (κ2) is 11.5. The van der Waals surface area contributed by atoms with E-state index in [0.717, 1.165) is 42.3 Å². The van der Waals surface area contributed by atoms with Gasteiger partial charge in [-0.3, -0.25) is 14.9 Å². The Bertz CT molecular complexity index is 1840. The van der Waals surface area contributed by atoms with Crippen LogP contribution in [0.5, 0.6) is 0 Å². The van der Waals surface area contributed by atoms with Crippen molar-refractivity contribution in [3.63, 3.8) is 0 Å². The molecule has 1 heterocycles. The fourth-order valence-electron chi connectivity index (χ4n) is 4.11. The Balaban J connectivity index is 1.90. The van der Waals surface area contributed by atoms with Gasteiger partial charge in [0.25, 0.3) is 5.91 Å². The minimum atomic E-state index is -4.92. The number of amides is 3. The third-order valence-electron chi connectivity index (χ3n) is 6.33. The molecule has 0 aliphatic rings. The van der Waals surface area contributed by atoms with Crippen molar-refractivity contribution < 1.29 is 46.7 Å². The van der Waals surface area contributed by atoms with E-state index < -0.39 is 52.4 Å². The van der Waals surface area contributed by atoms with E-state index in [0.29, 0.717) is 0 Å². The Morgan fingerprint density at radius 2 is 1.74 bits per heavy atom. The Morgan fingerprint density at radius 3 is 2.35 bits per heavy atom. The molecule has 3 N–H and O–H groups in total. The molecule has 15 heteroatoms. The molecule has 0 atom stereocenters. The van der Waals surface area contributed by atoms with Crippen molar-refractivity contribution in [3.8, 4) is 17.2 Å². The average Bonchev–Trinajstić information content (AvgIpc) is 3.38. The average molecular weight is 595 g/mol. The van der Waals surface area contributed by atoms with Crippen LogP contribution in [-0.4, -0.2) is 48.3 Å². The van der Waals surface area contributed by atoms with Crippen molar-refractivity contribution >= 4 is 51.9 Å². The first-order chi connectivity index (χ1) is 20.2. The van der Waals surface area contributed by atoms with E-state index in [-0.39, 0.29) is 39.2 Å². The normalized spacial score (nSPS) is 11.0. The number of aromatic nitrogens is 1. The van der Waals surface area contributed by atoms with Gasteiger partial charge in [0.1, 0.15) is 0 Å². The summed E-state index contributed by atoms with van der Waals surface area (Å²) < 4.78 is 52.8. The van der Waals surface area contributed by atoms with E-state index in [4.69, 9.17) is 9.78 Å².